The molecule has 0 spiro atoms. The maximum atomic E-state index is 11.8. The standard InChI is InChI=1S/C12H14N4OS/c1-2-13-11-8-14-10(7-15-11)12(17)16-6-9-4-3-5-18-9/h3-5,7-8H,2,6H2,1H3,(H,13,15)(H,16,17). The molecule has 0 saturated carbocycles. The Kier molecular flexibility index (Phi) is 4.25. The molecule has 2 aromatic rings. The van der Waals surface area contributed by atoms with Gasteiger partial charge in [-0.15, -0.1) is 11.3 Å². The van der Waals surface area contributed by atoms with Crippen LogP contribution in [0.3, 0.4) is 0 Å². The third kappa shape index (κ3) is 3.27. The monoisotopic (exact) mass is 262 g/mol. The number of aromatic nitrogens is 2. The third-order valence-electron chi connectivity index (χ3n) is 2.25. The van der Waals surface area contributed by atoms with Crippen LogP contribution in [-0.2, 0) is 6.54 Å². The number of nitrogens with zero attached hydrogens (tertiary/aromatic N) is 2. The van der Waals surface area contributed by atoms with Gasteiger partial charge in [0.05, 0.1) is 18.9 Å². The van der Waals surface area contributed by atoms with Gasteiger partial charge < -0.3 is 10.6 Å². The molecule has 94 valence electrons. The van der Waals surface area contributed by atoms with Crippen molar-refractivity contribution in [1.29, 1.82) is 0 Å². The Morgan fingerprint density at radius 1 is 1.39 bits per heavy atom. The lowest BCUT2D eigenvalue weighted by Gasteiger charge is -2.04. The van der Waals surface area contributed by atoms with Crippen LogP contribution in [0, 0.1) is 0 Å². The van der Waals surface area contributed by atoms with E-state index in [1.54, 1.807) is 17.5 Å². The average Bonchev–Trinajstić information content (AvgIpc) is 2.90. The highest BCUT2D eigenvalue weighted by Crippen LogP contribution is 2.08. The second-order valence-electron chi connectivity index (χ2n) is 3.58. The van der Waals surface area contributed by atoms with E-state index in [2.05, 4.69) is 20.6 Å². The lowest BCUT2D eigenvalue weighted by atomic mass is 10.4. The zero-order valence-electron chi connectivity index (χ0n) is 10.0. The summed E-state index contributed by atoms with van der Waals surface area (Å²) < 4.78 is 0. The van der Waals surface area contributed by atoms with Crippen molar-refractivity contribution in [3.05, 3.63) is 40.5 Å². The van der Waals surface area contributed by atoms with Crippen molar-refractivity contribution in [3.63, 3.8) is 0 Å². The van der Waals surface area contributed by atoms with Gasteiger partial charge in [0.25, 0.3) is 5.91 Å². The predicted molar refractivity (Wildman–Crippen MR) is 71.7 cm³/mol. The van der Waals surface area contributed by atoms with Crippen molar-refractivity contribution in [2.45, 2.75) is 13.5 Å². The predicted octanol–water partition coefficient (Wildman–Crippen LogP) is 1.90. The zero-order valence-corrected chi connectivity index (χ0v) is 10.8. The van der Waals surface area contributed by atoms with Crippen molar-refractivity contribution < 1.29 is 4.79 Å². The molecule has 0 aliphatic carbocycles. The molecule has 5 nitrogen and oxygen atoms in total. The number of anilines is 1. The summed E-state index contributed by atoms with van der Waals surface area (Å²) in [5.74, 6) is 0.464. The van der Waals surface area contributed by atoms with E-state index in [9.17, 15) is 4.79 Å². The molecule has 2 N–H and O–H groups in total. The fourth-order valence-corrected chi connectivity index (χ4v) is 2.03. The molecule has 0 radical (unpaired) electrons. The average molecular weight is 262 g/mol. The Hall–Kier alpha value is -1.95. The zero-order chi connectivity index (χ0) is 12.8. The maximum Gasteiger partial charge on any atom is 0.271 e. The summed E-state index contributed by atoms with van der Waals surface area (Å²) in [5.41, 5.74) is 0.327. The SMILES string of the molecule is CCNc1cnc(C(=O)NCc2cccs2)cn1. The van der Waals surface area contributed by atoms with E-state index < -0.39 is 0 Å². The molecule has 0 aromatic carbocycles. The van der Waals surface area contributed by atoms with Crippen LogP contribution in [0.1, 0.15) is 22.3 Å². The first-order chi connectivity index (χ1) is 8.79. The van der Waals surface area contributed by atoms with E-state index in [4.69, 9.17) is 0 Å². The molecule has 0 atom stereocenters. The first-order valence-electron chi connectivity index (χ1n) is 5.66. The van der Waals surface area contributed by atoms with Gasteiger partial charge in [0, 0.05) is 11.4 Å². The maximum absolute atomic E-state index is 11.8. The summed E-state index contributed by atoms with van der Waals surface area (Å²) >= 11 is 1.61. The fraction of sp³-hybridized carbons (Fsp3) is 0.250. The molecule has 0 saturated heterocycles. The highest BCUT2D eigenvalue weighted by atomic mass is 32.1. The highest BCUT2D eigenvalue weighted by Gasteiger charge is 2.07. The summed E-state index contributed by atoms with van der Waals surface area (Å²) in [6, 6.07) is 3.93. The third-order valence-corrected chi connectivity index (χ3v) is 3.12. The molecular formula is C12H14N4OS. The number of hydrogen-bond donors (Lipinski definition) is 2. The summed E-state index contributed by atoms with van der Waals surface area (Å²) in [4.78, 5) is 21.1. The minimum absolute atomic E-state index is 0.209. The van der Waals surface area contributed by atoms with Gasteiger partial charge in [-0.2, -0.15) is 0 Å². The van der Waals surface area contributed by atoms with Crippen molar-refractivity contribution in [1.82, 2.24) is 15.3 Å². The van der Waals surface area contributed by atoms with E-state index in [1.807, 2.05) is 24.4 Å². The molecule has 0 aliphatic heterocycles. The Morgan fingerprint density at radius 2 is 2.28 bits per heavy atom. The number of thiophene rings is 1. The largest absolute Gasteiger partial charge is 0.369 e. The van der Waals surface area contributed by atoms with E-state index in [1.165, 1.54) is 6.20 Å². The van der Waals surface area contributed by atoms with Crippen molar-refractivity contribution in [2.75, 3.05) is 11.9 Å². The minimum atomic E-state index is -0.209. The fourth-order valence-electron chi connectivity index (χ4n) is 1.39. The molecule has 18 heavy (non-hydrogen) atoms. The Labute approximate surface area is 109 Å². The number of hydrogen-bond acceptors (Lipinski definition) is 5. The van der Waals surface area contributed by atoms with Crippen molar-refractivity contribution in [2.24, 2.45) is 0 Å². The summed E-state index contributed by atoms with van der Waals surface area (Å²) in [5, 5.41) is 7.80. The lowest BCUT2D eigenvalue weighted by Crippen LogP contribution is -2.23. The van der Waals surface area contributed by atoms with Crippen LogP contribution in [0.2, 0.25) is 0 Å². The Bertz CT molecular complexity index is 495. The first kappa shape index (κ1) is 12.5. The van der Waals surface area contributed by atoms with Crippen LogP contribution in [0.25, 0.3) is 0 Å². The number of nitrogens with one attached hydrogen (secondary N) is 2. The first-order valence-corrected chi connectivity index (χ1v) is 6.54. The van der Waals surface area contributed by atoms with Crippen molar-refractivity contribution in [3.8, 4) is 0 Å². The highest BCUT2D eigenvalue weighted by molar-refractivity contribution is 7.09. The van der Waals surface area contributed by atoms with Gasteiger partial charge in [-0.1, -0.05) is 6.07 Å². The Morgan fingerprint density at radius 3 is 2.89 bits per heavy atom. The molecule has 0 aliphatic rings. The summed E-state index contributed by atoms with van der Waals surface area (Å²) in [7, 11) is 0. The quantitative estimate of drug-likeness (QED) is 0.863. The molecule has 2 heterocycles. The van der Waals surface area contributed by atoms with Crippen LogP contribution < -0.4 is 10.6 Å². The van der Waals surface area contributed by atoms with Gasteiger partial charge in [-0.05, 0) is 18.4 Å². The van der Waals surface area contributed by atoms with E-state index in [-0.39, 0.29) is 5.91 Å². The van der Waals surface area contributed by atoms with E-state index >= 15 is 0 Å². The topological polar surface area (TPSA) is 66.9 Å². The summed E-state index contributed by atoms with van der Waals surface area (Å²) in [6.07, 6.45) is 3.03. The Balaban J connectivity index is 1.92. The second kappa shape index (κ2) is 6.11. The molecule has 0 fully saturated rings. The molecule has 2 aromatic heterocycles. The van der Waals surface area contributed by atoms with Gasteiger partial charge in [0.2, 0.25) is 0 Å². The van der Waals surface area contributed by atoms with Crippen LogP contribution in [0.5, 0.6) is 0 Å². The molecule has 1 amide bonds. The van der Waals surface area contributed by atoms with Gasteiger partial charge in [0.15, 0.2) is 0 Å². The van der Waals surface area contributed by atoms with Crippen LogP contribution >= 0.6 is 11.3 Å². The number of amides is 1. The molecule has 0 unspecified atom stereocenters. The molecule has 6 heteroatoms. The van der Waals surface area contributed by atoms with Gasteiger partial charge in [0.1, 0.15) is 11.5 Å². The molecule has 2 rings (SSSR count). The molecule has 0 bridgehead atoms. The van der Waals surface area contributed by atoms with Crippen LogP contribution in [-0.4, -0.2) is 22.4 Å². The molecular weight excluding hydrogens is 248 g/mol. The number of carbonyl (C=O) groups excluding carboxylic acids is 1. The van der Waals surface area contributed by atoms with E-state index in [0.717, 1.165) is 11.4 Å². The van der Waals surface area contributed by atoms with Gasteiger partial charge in [-0.3, -0.25) is 4.79 Å². The van der Waals surface area contributed by atoms with Gasteiger partial charge >= 0.3 is 0 Å². The normalized spacial score (nSPS) is 10.1. The van der Waals surface area contributed by atoms with Gasteiger partial charge in [-0.25, -0.2) is 9.97 Å². The van der Waals surface area contributed by atoms with Crippen LogP contribution in [0.15, 0.2) is 29.9 Å². The number of rotatable bonds is 5. The van der Waals surface area contributed by atoms with Crippen LogP contribution in [0.4, 0.5) is 5.82 Å². The minimum Gasteiger partial charge on any atom is -0.369 e. The number of carbonyl (C=O) groups is 1. The smallest absolute Gasteiger partial charge is 0.271 e. The summed E-state index contributed by atoms with van der Waals surface area (Å²) in [6.45, 7) is 3.27. The second-order valence-corrected chi connectivity index (χ2v) is 4.61. The van der Waals surface area contributed by atoms with E-state index in [0.29, 0.717) is 18.1 Å². The van der Waals surface area contributed by atoms with Crippen molar-refractivity contribution >= 4 is 23.1 Å². The lowest BCUT2D eigenvalue weighted by molar-refractivity contribution is 0.0946.